The van der Waals surface area contributed by atoms with Gasteiger partial charge in [-0.25, -0.2) is 4.39 Å². The molecule has 0 saturated carbocycles. The molecule has 0 aliphatic rings. The molecule has 0 fully saturated rings. The van der Waals surface area contributed by atoms with Crippen LogP contribution in [-0.4, -0.2) is 10.1 Å². The molecule has 0 amide bonds. The number of pyridine rings is 1. The summed E-state index contributed by atoms with van der Waals surface area (Å²) in [6, 6.07) is 14.1. The lowest BCUT2D eigenvalue weighted by Crippen LogP contribution is -2.02. The third-order valence-corrected chi connectivity index (χ3v) is 3.48. The molecule has 3 heteroatoms. The van der Waals surface area contributed by atoms with E-state index in [2.05, 4.69) is 4.98 Å². The molecule has 1 heterocycles. The van der Waals surface area contributed by atoms with Crippen LogP contribution in [0.5, 0.6) is 0 Å². The minimum absolute atomic E-state index is 0.263. The summed E-state index contributed by atoms with van der Waals surface area (Å²) in [5.74, 6) is -0.263. The molecule has 20 heavy (non-hydrogen) atoms. The van der Waals surface area contributed by atoms with E-state index in [1.807, 2.05) is 24.3 Å². The predicted octanol–water partition coefficient (Wildman–Crippen LogP) is 3.76. The maximum absolute atomic E-state index is 13.3. The fraction of sp³-hybridized carbons (Fsp3) is 0.118. The van der Waals surface area contributed by atoms with Crippen LogP contribution in [0, 0.1) is 12.7 Å². The van der Waals surface area contributed by atoms with Crippen LogP contribution in [-0.2, 0) is 0 Å². The van der Waals surface area contributed by atoms with Gasteiger partial charge < -0.3 is 5.11 Å². The monoisotopic (exact) mass is 267 g/mol. The van der Waals surface area contributed by atoms with E-state index in [4.69, 9.17) is 0 Å². The Morgan fingerprint density at radius 3 is 2.70 bits per heavy atom. The Morgan fingerprint density at radius 2 is 1.90 bits per heavy atom. The third kappa shape index (κ3) is 2.17. The van der Waals surface area contributed by atoms with Crippen molar-refractivity contribution in [3.05, 3.63) is 77.2 Å². The van der Waals surface area contributed by atoms with Gasteiger partial charge in [-0.3, -0.25) is 4.98 Å². The molecular formula is C17H14FNO. The average molecular weight is 267 g/mol. The summed E-state index contributed by atoms with van der Waals surface area (Å²) < 4.78 is 13.3. The van der Waals surface area contributed by atoms with Crippen molar-refractivity contribution in [2.24, 2.45) is 0 Å². The molecule has 0 spiro atoms. The Hall–Kier alpha value is -2.26. The Labute approximate surface area is 116 Å². The van der Waals surface area contributed by atoms with Gasteiger partial charge in [0.25, 0.3) is 0 Å². The van der Waals surface area contributed by atoms with Gasteiger partial charge in [0, 0.05) is 11.6 Å². The largest absolute Gasteiger partial charge is 0.384 e. The van der Waals surface area contributed by atoms with Crippen LogP contribution >= 0.6 is 0 Å². The van der Waals surface area contributed by atoms with E-state index < -0.39 is 6.10 Å². The van der Waals surface area contributed by atoms with Gasteiger partial charge in [-0.2, -0.15) is 0 Å². The van der Waals surface area contributed by atoms with Crippen molar-refractivity contribution in [1.82, 2.24) is 4.98 Å². The SMILES string of the molecule is Cc1cc(C(O)c2ccnc3ccccc23)ccc1F. The molecule has 2 aromatic carbocycles. The molecule has 0 radical (unpaired) electrons. The first-order valence-corrected chi connectivity index (χ1v) is 6.44. The first kappa shape index (κ1) is 12.8. The predicted molar refractivity (Wildman–Crippen MR) is 76.9 cm³/mol. The van der Waals surface area contributed by atoms with Crippen molar-refractivity contribution in [1.29, 1.82) is 0 Å². The first-order valence-electron chi connectivity index (χ1n) is 6.44. The van der Waals surface area contributed by atoms with Gasteiger partial charge >= 0.3 is 0 Å². The van der Waals surface area contributed by atoms with Crippen LogP contribution in [0.2, 0.25) is 0 Å². The number of aliphatic hydroxyl groups excluding tert-OH is 1. The number of aliphatic hydroxyl groups is 1. The van der Waals surface area contributed by atoms with Crippen molar-refractivity contribution in [3.8, 4) is 0 Å². The number of nitrogens with zero attached hydrogens (tertiary/aromatic N) is 1. The highest BCUT2D eigenvalue weighted by Gasteiger charge is 2.14. The van der Waals surface area contributed by atoms with Gasteiger partial charge in [-0.05, 0) is 41.8 Å². The van der Waals surface area contributed by atoms with Crippen molar-refractivity contribution < 1.29 is 9.50 Å². The maximum Gasteiger partial charge on any atom is 0.126 e. The van der Waals surface area contributed by atoms with E-state index in [1.165, 1.54) is 6.07 Å². The normalized spacial score (nSPS) is 12.6. The number of para-hydroxylation sites is 1. The number of hydrogen-bond donors (Lipinski definition) is 1. The molecule has 3 aromatic rings. The lowest BCUT2D eigenvalue weighted by atomic mass is 9.97. The van der Waals surface area contributed by atoms with Crippen molar-refractivity contribution in [2.75, 3.05) is 0 Å². The van der Waals surface area contributed by atoms with Crippen LogP contribution in [0.25, 0.3) is 10.9 Å². The van der Waals surface area contributed by atoms with Crippen LogP contribution in [0.3, 0.4) is 0 Å². The molecule has 3 rings (SSSR count). The van der Waals surface area contributed by atoms with E-state index >= 15 is 0 Å². The average Bonchev–Trinajstić information content (AvgIpc) is 2.49. The summed E-state index contributed by atoms with van der Waals surface area (Å²) in [5.41, 5.74) is 2.82. The van der Waals surface area contributed by atoms with Crippen molar-refractivity contribution in [2.45, 2.75) is 13.0 Å². The number of fused-ring (bicyclic) bond motifs is 1. The zero-order chi connectivity index (χ0) is 14.1. The molecule has 0 aliphatic heterocycles. The molecule has 1 N–H and O–H groups in total. The van der Waals surface area contributed by atoms with Crippen LogP contribution in [0.1, 0.15) is 22.8 Å². The van der Waals surface area contributed by atoms with E-state index in [9.17, 15) is 9.50 Å². The second kappa shape index (κ2) is 5.02. The fourth-order valence-corrected chi connectivity index (χ4v) is 2.37. The number of rotatable bonds is 2. The second-order valence-electron chi connectivity index (χ2n) is 4.83. The summed E-state index contributed by atoms with van der Waals surface area (Å²) in [6.45, 7) is 1.69. The molecule has 2 nitrogen and oxygen atoms in total. The maximum atomic E-state index is 13.3. The molecule has 100 valence electrons. The van der Waals surface area contributed by atoms with Gasteiger partial charge in [0.15, 0.2) is 0 Å². The lowest BCUT2D eigenvalue weighted by molar-refractivity contribution is 0.221. The highest BCUT2D eigenvalue weighted by atomic mass is 19.1. The summed E-state index contributed by atoms with van der Waals surface area (Å²) in [5, 5.41) is 11.5. The number of aryl methyl sites for hydroxylation is 1. The van der Waals surface area contributed by atoms with Gasteiger partial charge in [-0.1, -0.05) is 30.3 Å². The molecule has 1 atom stereocenters. The Balaban J connectivity index is 2.12. The highest BCUT2D eigenvalue weighted by molar-refractivity contribution is 5.82. The summed E-state index contributed by atoms with van der Waals surface area (Å²) >= 11 is 0. The third-order valence-electron chi connectivity index (χ3n) is 3.48. The zero-order valence-electron chi connectivity index (χ0n) is 11.0. The fourth-order valence-electron chi connectivity index (χ4n) is 2.37. The molecule has 0 aliphatic carbocycles. The van der Waals surface area contributed by atoms with Gasteiger partial charge in [0.2, 0.25) is 0 Å². The van der Waals surface area contributed by atoms with E-state index in [-0.39, 0.29) is 5.82 Å². The van der Waals surface area contributed by atoms with E-state index in [1.54, 1.807) is 31.3 Å². The Kier molecular flexibility index (Phi) is 3.20. The smallest absolute Gasteiger partial charge is 0.126 e. The molecule has 0 saturated heterocycles. The van der Waals surface area contributed by atoms with Crippen molar-refractivity contribution in [3.63, 3.8) is 0 Å². The minimum Gasteiger partial charge on any atom is -0.384 e. The summed E-state index contributed by atoms with van der Waals surface area (Å²) in [6.07, 6.45) is 0.888. The van der Waals surface area contributed by atoms with Crippen LogP contribution < -0.4 is 0 Å². The standard InChI is InChI=1S/C17H14FNO/c1-11-10-12(6-7-15(11)18)17(20)14-8-9-19-16-5-3-2-4-13(14)16/h2-10,17,20H,1H3. The van der Waals surface area contributed by atoms with Crippen LogP contribution in [0.4, 0.5) is 4.39 Å². The van der Waals surface area contributed by atoms with E-state index in [0.29, 0.717) is 11.1 Å². The number of halogens is 1. The summed E-state index contributed by atoms with van der Waals surface area (Å²) in [4.78, 5) is 4.28. The second-order valence-corrected chi connectivity index (χ2v) is 4.83. The van der Waals surface area contributed by atoms with Gasteiger partial charge in [-0.15, -0.1) is 0 Å². The molecule has 1 aromatic heterocycles. The lowest BCUT2D eigenvalue weighted by Gasteiger charge is -2.14. The topological polar surface area (TPSA) is 33.1 Å². The molecular weight excluding hydrogens is 253 g/mol. The van der Waals surface area contributed by atoms with Gasteiger partial charge in [0.05, 0.1) is 5.52 Å². The highest BCUT2D eigenvalue weighted by Crippen LogP contribution is 2.28. The first-order chi connectivity index (χ1) is 9.66. The summed E-state index contributed by atoms with van der Waals surface area (Å²) in [7, 11) is 0. The number of benzene rings is 2. The Morgan fingerprint density at radius 1 is 1.10 bits per heavy atom. The van der Waals surface area contributed by atoms with E-state index in [0.717, 1.165) is 16.5 Å². The molecule has 1 unspecified atom stereocenters. The minimum atomic E-state index is -0.790. The zero-order valence-corrected chi connectivity index (χ0v) is 11.0. The molecule has 0 bridgehead atoms. The van der Waals surface area contributed by atoms with Crippen LogP contribution in [0.15, 0.2) is 54.7 Å². The Bertz CT molecular complexity index is 765. The van der Waals surface area contributed by atoms with Gasteiger partial charge in [0.1, 0.15) is 11.9 Å². The number of hydrogen-bond acceptors (Lipinski definition) is 2. The number of aromatic nitrogens is 1. The quantitative estimate of drug-likeness (QED) is 0.766. The van der Waals surface area contributed by atoms with Crippen molar-refractivity contribution >= 4 is 10.9 Å².